The Morgan fingerprint density at radius 3 is 2.50 bits per heavy atom. The lowest BCUT2D eigenvalue weighted by Crippen LogP contribution is -2.37. The molecule has 1 amide bonds. The van der Waals surface area contributed by atoms with Crippen molar-refractivity contribution in [3.8, 4) is 22.9 Å². The van der Waals surface area contributed by atoms with E-state index in [9.17, 15) is 4.79 Å². The minimum absolute atomic E-state index is 0.0601. The van der Waals surface area contributed by atoms with Gasteiger partial charge in [0.1, 0.15) is 5.75 Å². The van der Waals surface area contributed by atoms with E-state index in [0.29, 0.717) is 29.1 Å². The second-order valence-electron chi connectivity index (χ2n) is 8.79. The van der Waals surface area contributed by atoms with Crippen molar-refractivity contribution in [2.75, 3.05) is 10.7 Å². The van der Waals surface area contributed by atoms with E-state index in [1.165, 1.54) is 0 Å². The Kier molecular flexibility index (Phi) is 7.36. The van der Waals surface area contributed by atoms with E-state index in [1.807, 2.05) is 69.3 Å². The maximum atomic E-state index is 13.2. The van der Waals surface area contributed by atoms with Gasteiger partial charge >= 0.3 is 0 Å². The van der Waals surface area contributed by atoms with Crippen LogP contribution in [0.3, 0.4) is 0 Å². The molecule has 0 saturated carbocycles. The highest BCUT2D eigenvalue weighted by Crippen LogP contribution is 2.43. The molecule has 2 heterocycles. The summed E-state index contributed by atoms with van der Waals surface area (Å²) in [5.41, 5.74) is 2.83. The van der Waals surface area contributed by atoms with Crippen LogP contribution >= 0.6 is 11.8 Å². The Bertz CT molecular complexity index is 1150. The number of carbonyl (C=O) groups is 1. The number of amides is 1. The van der Waals surface area contributed by atoms with Crippen molar-refractivity contribution in [3.05, 3.63) is 54.1 Å². The van der Waals surface area contributed by atoms with Gasteiger partial charge in [0.05, 0.1) is 11.8 Å². The number of aromatic nitrogens is 3. The molecular formula is C26H30N4O3S. The molecule has 3 aromatic rings. The summed E-state index contributed by atoms with van der Waals surface area (Å²) < 4.78 is 12.3. The van der Waals surface area contributed by atoms with E-state index in [4.69, 9.17) is 14.5 Å². The first kappa shape index (κ1) is 24.0. The minimum atomic E-state index is -0.706. The molecule has 178 valence electrons. The lowest BCUT2D eigenvalue weighted by molar-refractivity contribution is -0.120. The van der Waals surface area contributed by atoms with Crippen molar-refractivity contribution in [2.45, 2.75) is 58.5 Å². The van der Waals surface area contributed by atoms with Crippen molar-refractivity contribution >= 4 is 23.4 Å². The Morgan fingerprint density at radius 1 is 1.09 bits per heavy atom. The molecule has 1 atom stereocenters. The minimum Gasteiger partial charge on any atom is -0.491 e. The van der Waals surface area contributed by atoms with Gasteiger partial charge in [0.25, 0.3) is 0 Å². The first-order valence-corrected chi connectivity index (χ1v) is 12.6. The predicted molar refractivity (Wildman–Crippen MR) is 134 cm³/mol. The Balaban J connectivity index is 1.82. The molecule has 0 bridgehead atoms. The van der Waals surface area contributed by atoms with E-state index < -0.39 is 6.23 Å². The molecule has 0 unspecified atom stereocenters. The Labute approximate surface area is 204 Å². The van der Waals surface area contributed by atoms with Crippen molar-refractivity contribution in [1.82, 2.24) is 15.2 Å². The largest absolute Gasteiger partial charge is 0.491 e. The van der Waals surface area contributed by atoms with Crippen molar-refractivity contribution in [1.29, 1.82) is 0 Å². The van der Waals surface area contributed by atoms with Gasteiger partial charge < -0.3 is 9.47 Å². The smallest absolute Gasteiger partial charge is 0.247 e. The fraction of sp³-hybridized carbons (Fsp3) is 0.385. The Morgan fingerprint density at radius 2 is 1.82 bits per heavy atom. The number of hydrogen-bond acceptors (Lipinski definition) is 7. The van der Waals surface area contributed by atoms with Crippen molar-refractivity contribution in [2.24, 2.45) is 5.92 Å². The second-order valence-corrected chi connectivity index (χ2v) is 9.78. The summed E-state index contributed by atoms with van der Waals surface area (Å²) >= 11 is 1.54. The summed E-state index contributed by atoms with van der Waals surface area (Å²) in [4.78, 5) is 19.6. The van der Waals surface area contributed by atoms with Gasteiger partial charge in [-0.05, 0) is 50.1 Å². The van der Waals surface area contributed by atoms with Gasteiger partial charge in [-0.25, -0.2) is 0 Å². The van der Waals surface area contributed by atoms with Gasteiger partial charge in [0.2, 0.25) is 23.2 Å². The maximum absolute atomic E-state index is 13.2. The van der Waals surface area contributed by atoms with Gasteiger partial charge in [-0.3, -0.25) is 9.69 Å². The molecule has 1 aliphatic heterocycles. The normalized spacial score (nSPS) is 14.9. The number of benzene rings is 2. The number of thioether (sulfide) groups is 1. The van der Waals surface area contributed by atoms with Crippen LogP contribution in [0.4, 0.5) is 5.69 Å². The number of anilines is 1. The third kappa shape index (κ3) is 5.17. The quantitative estimate of drug-likeness (QED) is 0.391. The summed E-state index contributed by atoms with van der Waals surface area (Å²) in [6.45, 7) is 10.1. The zero-order chi connectivity index (χ0) is 24.2. The molecule has 0 spiro atoms. The highest BCUT2D eigenvalue weighted by atomic mass is 32.2. The number of para-hydroxylation sites is 1. The summed E-state index contributed by atoms with van der Waals surface area (Å²) in [6, 6.07) is 15.3. The zero-order valence-corrected chi connectivity index (χ0v) is 21.0. The topological polar surface area (TPSA) is 77.4 Å². The standard InChI is InChI=1S/C26H30N4O3S/c1-6-22(31)30-21-10-8-7-9-20(21)23-24(27-26(29-28-23)34-15-16(2)3)33-25(30)18-11-13-19(14-12-18)32-17(4)5/h7-14,16-17,25H,6,15H2,1-5H3/t25-/m0/s1. The van der Waals surface area contributed by atoms with E-state index in [2.05, 4.69) is 24.0 Å². The molecule has 0 radical (unpaired) electrons. The lowest BCUT2D eigenvalue weighted by atomic mass is 10.1. The number of rotatable bonds is 7. The summed E-state index contributed by atoms with van der Waals surface area (Å²) in [6.07, 6.45) is -0.308. The lowest BCUT2D eigenvalue weighted by Gasteiger charge is -2.30. The van der Waals surface area contributed by atoms with Gasteiger partial charge in [-0.15, -0.1) is 10.2 Å². The molecule has 0 aliphatic carbocycles. The maximum Gasteiger partial charge on any atom is 0.247 e. The molecular weight excluding hydrogens is 448 g/mol. The molecule has 34 heavy (non-hydrogen) atoms. The summed E-state index contributed by atoms with van der Waals surface area (Å²) in [5, 5.41) is 9.37. The third-order valence-corrected chi connectivity index (χ3v) is 6.43. The fourth-order valence-corrected chi connectivity index (χ4v) is 4.38. The van der Waals surface area contributed by atoms with Gasteiger partial charge in [0, 0.05) is 23.3 Å². The zero-order valence-electron chi connectivity index (χ0n) is 20.2. The van der Waals surface area contributed by atoms with E-state index in [-0.39, 0.29) is 12.0 Å². The van der Waals surface area contributed by atoms with Crippen LogP contribution in [-0.2, 0) is 4.79 Å². The molecule has 0 fully saturated rings. The first-order chi connectivity index (χ1) is 16.4. The van der Waals surface area contributed by atoms with Gasteiger partial charge in [0.15, 0.2) is 5.69 Å². The van der Waals surface area contributed by atoms with Crippen molar-refractivity contribution < 1.29 is 14.3 Å². The van der Waals surface area contributed by atoms with E-state index in [0.717, 1.165) is 28.3 Å². The van der Waals surface area contributed by atoms with Crippen LogP contribution in [0, 0.1) is 5.92 Å². The molecule has 2 aromatic carbocycles. The molecule has 1 aliphatic rings. The van der Waals surface area contributed by atoms with Crippen molar-refractivity contribution in [3.63, 3.8) is 0 Å². The first-order valence-electron chi connectivity index (χ1n) is 11.6. The summed E-state index contributed by atoms with van der Waals surface area (Å²) in [7, 11) is 0. The average Bonchev–Trinajstić information content (AvgIpc) is 2.96. The molecule has 7 nitrogen and oxygen atoms in total. The van der Waals surface area contributed by atoms with Crippen LogP contribution in [0.5, 0.6) is 11.6 Å². The fourth-order valence-electron chi connectivity index (χ4n) is 3.66. The Hall–Kier alpha value is -3.13. The number of hydrogen-bond donors (Lipinski definition) is 0. The molecule has 0 saturated heterocycles. The number of nitrogens with zero attached hydrogens (tertiary/aromatic N) is 4. The third-order valence-electron chi connectivity index (χ3n) is 5.17. The van der Waals surface area contributed by atoms with Crippen LogP contribution in [-0.4, -0.2) is 32.9 Å². The molecule has 0 N–H and O–H groups in total. The van der Waals surface area contributed by atoms with Crippen LogP contribution in [0.25, 0.3) is 11.3 Å². The predicted octanol–water partition coefficient (Wildman–Crippen LogP) is 5.91. The van der Waals surface area contributed by atoms with E-state index >= 15 is 0 Å². The number of ether oxygens (including phenoxy) is 2. The molecule has 1 aromatic heterocycles. The average molecular weight is 479 g/mol. The van der Waals surface area contributed by atoms with Crippen LogP contribution < -0.4 is 14.4 Å². The second kappa shape index (κ2) is 10.4. The van der Waals surface area contributed by atoms with Crippen LogP contribution in [0.15, 0.2) is 53.7 Å². The molecule has 4 rings (SSSR count). The number of fused-ring (bicyclic) bond motifs is 3. The summed E-state index contributed by atoms with van der Waals surface area (Å²) in [5.74, 6) is 2.44. The highest BCUT2D eigenvalue weighted by molar-refractivity contribution is 7.99. The van der Waals surface area contributed by atoms with E-state index in [1.54, 1.807) is 16.7 Å². The monoisotopic (exact) mass is 478 g/mol. The SMILES string of the molecule is CCC(=O)N1c2ccccc2-c2nnc(SCC(C)C)nc2O[C@H]1c1ccc(OC(C)C)cc1. The molecule has 8 heteroatoms. The van der Waals surface area contributed by atoms with Crippen LogP contribution in [0.2, 0.25) is 0 Å². The number of carbonyl (C=O) groups excluding carboxylic acids is 1. The van der Waals surface area contributed by atoms with Gasteiger partial charge in [-0.1, -0.05) is 50.7 Å². The van der Waals surface area contributed by atoms with Gasteiger partial charge in [-0.2, -0.15) is 4.98 Å². The van der Waals surface area contributed by atoms with Crippen LogP contribution in [0.1, 0.15) is 52.8 Å². The highest BCUT2D eigenvalue weighted by Gasteiger charge is 2.35.